The average Bonchev–Trinajstić information content (AvgIpc) is 2.61. The number of benzene rings is 1. The lowest BCUT2D eigenvalue weighted by Gasteiger charge is -2.19. The number of nitrogens with one attached hydrogen (secondary N) is 1. The number of thioether (sulfide) groups is 1. The van der Waals surface area contributed by atoms with Gasteiger partial charge >= 0.3 is 5.97 Å². The Morgan fingerprint density at radius 2 is 1.88 bits per heavy atom. The molecule has 0 aliphatic carbocycles. The zero-order chi connectivity index (χ0) is 19.7. The molecule has 26 heavy (non-hydrogen) atoms. The standard InChI is InChI=1S/C17H26N2O5S2/c1-5-19(6-2)26(22,23)14-8-7-13(3)15(11-14)18-16(20)12-25-10-9-17(21)24-4/h7-8,11H,5-6,9-10,12H2,1-4H3,(H,18,20). The maximum Gasteiger partial charge on any atom is 0.306 e. The molecular weight excluding hydrogens is 376 g/mol. The van der Waals surface area contributed by atoms with Crippen LogP contribution in [-0.2, 0) is 24.3 Å². The molecule has 1 rings (SSSR count). The molecule has 9 heteroatoms. The van der Waals surface area contributed by atoms with Crippen molar-refractivity contribution in [2.45, 2.75) is 32.1 Å². The summed E-state index contributed by atoms with van der Waals surface area (Å²) in [6, 6.07) is 4.71. The first kappa shape index (κ1) is 22.5. The predicted molar refractivity (Wildman–Crippen MR) is 104 cm³/mol. The first-order chi connectivity index (χ1) is 12.3. The van der Waals surface area contributed by atoms with Crippen molar-refractivity contribution in [1.82, 2.24) is 4.31 Å². The highest BCUT2D eigenvalue weighted by molar-refractivity contribution is 7.99. The van der Waals surface area contributed by atoms with Gasteiger partial charge in [-0.05, 0) is 24.6 Å². The second-order valence-electron chi connectivity index (χ2n) is 5.49. The number of amides is 1. The number of carbonyl (C=O) groups is 2. The van der Waals surface area contributed by atoms with Gasteiger partial charge in [-0.15, -0.1) is 0 Å². The summed E-state index contributed by atoms with van der Waals surface area (Å²) in [4.78, 5) is 23.3. The van der Waals surface area contributed by atoms with E-state index >= 15 is 0 Å². The molecule has 1 N–H and O–H groups in total. The van der Waals surface area contributed by atoms with Crippen LogP contribution < -0.4 is 5.32 Å². The fraction of sp³-hybridized carbons (Fsp3) is 0.529. The van der Waals surface area contributed by atoms with E-state index in [-0.39, 0.29) is 28.9 Å². The molecule has 0 bridgehead atoms. The lowest BCUT2D eigenvalue weighted by Crippen LogP contribution is -2.30. The van der Waals surface area contributed by atoms with E-state index in [0.29, 0.717) is 24.5 Å². The number of sulfonamides is 1. The van der Waals surface area contributed by atoms with E-state index in [2.05, 4.69) is 10.1 Å². The number of aryl methyl sites for hydroxylation is 1. The van der Waals surface area contributed by atoms with E-state index in [1.54, 1.807) is 32.9 Å². The van der Waals surface area contributed by atoms with Crippen molar-refractivity contribution >= 4 is 39.3 Å². The molecule has 0 atom stereocenters. The van der Waals surface area contributed by atoms with Crippen molar-refractivity contribution in [3.05, 3.63) is 23.8 Å². The zero-order valence-electron chi connectivity index (χ0n) is 15.6. The highest BCUT2D eigenvalue weighted by Gasteiger charge is 2.22. The number of anilines is 1. The van der Waals surface area contributed by atoms with Crippen LogP contribution in [0.3, 0.4) is 0 Å². The maximum atomic E-state index is 12.6. The molecule has 1 aromatic carbocycles. The molecule has 0 radical (unpaired) electrons. The highest BCUT2D eigenvalue weighted by atomic mass is 32.2. The summed E-state index contributed by atoms with van der Waals surface area (Å²) in [6.45, 7) is 6.12. The van der Waals surface area contributed by atoms with Crippen molar-refractivity contribution in [2.24, 2.45) is 0 Å². The third kappa shape index (κ3) is 6.30. The fourth-order valence-electron chi connectivity index (χ4n) is 2.22. The monoisotopic (exact) mass is 402 g/mol. The molecule has 0 aromatic heterocycles. The van der Waals surface area contributed by atoms with Crippen LogP contribution in [-0.4, -0.2) is 56.3 Å². The molecule has 0 saturated heterocycles. The van der Waals surface area contributed by atoms with Gasteiger partial charge in [0.15, 0.2) is 0 Å². The summed E-state index contributed by atoms with van der Waals surface area (Å²) >= 11 is 1.31. The van der Waals surface area contributed by atoms with E-state index in [1.807, 2.05) is 0 Å². The Balaban J connectivity index is 2.79. The average molecular weight is 403 g/mol. The minimum atomic E-state index is -3.58. The zero-order valence-corrected chi connectivity index (χ0v) is 17.2. The van der Waals surface area contributed by atoms with Gasteiger partial charge in [-0.1, -0.05) is 19.9 Å². The molecule has 0 unspecified atom stereocenters. The third-order valence-corrected chi connectivity index (χ3v) is 6.74. The van der Waals surface area contributed by atoms with Gasteiger partial charge < -0.3 is 10.1 Å². The first-order valence-electron chi connectivity index (χ1n) is 8.31. The van der Waals surface area contributed by atoms with Gasteiger partial charge in [0.25, 0.3) is 0 Å². The number of rotatable bonds is 10. The van der Waals surface area contributed by atoms with Gasteiger partial charge in [-0.25, -0.2) is 8.42 Å². The second kappa shape index (κ2) is 10.5. The smallest absolute Gasteiger partial charge is 0.306 e. The SMILES string of the molecule is CCN(CC)S(=O)(=O)c1ccc(C)c(NC(=O)CSCCC(=O)OC)c1. The maximum absolute atomic E-state index is 12.6. The molecule has 0 aliphatic heterocycles. The summed E-state index contributed by atoms with van der Waals surface area (Å²) in [5.74, 6) is 0.0854. The molecule has 7 nitrogen and oxygen atoms in total. The highest BCUT2D eigenvalue weighted by Crippen LogP contribution is 2.23. The van der Waals surface area contributed by atoms with Crippen LogP contribution in [0.5, 0.6) is 0 Å². The third-order valence-electron chi connectivity index (χ3n) is 3.74. The van der Waals surface area contributed by atoms with Crippen molar-refractivity contribution in [3.63, 3.8) is 0 Å². The number of methoxy groups -OCH3 is 1. The number of ether oxygens (including phenoxy) is 1. The molecule has 0 spiro atoms. The van der Waals surface area contributed by atoms with Crippen LogP contribution in [0.1, 0.15) is 25.8 Å². The van der Waals surface area contributed by atoms with E-state index < -0.39 is 10.0 Å². The van der Waals surface area contributed by atoms with Crippen LogP contribution in [0, 0.1) is 6.92 Å². The lowest BCUT2D eigenvalue weighted by atomic mass is 10.2. The Kier molecular flexibility index (Phi) is 9.11. The molecule has 0 fully saturated rings. The number of hydrogen-bond donors (Lipinski definition) is 1. The van der Waals surface area contributed by atoms with E-state index in [1.165, 1.54) is 29.2 Å². The normalized spacial score (nSPS) is 11.4. The predicted octanol–water partition coefficient (Wildman–Crippen LogP) is 2.26. The van der Waals surface area contributed by atoms with Crippen LogP contribution in [0.4, 0.5) is 5.69 Å². The first-order valence-corrected chi connectivity index (χ1v) is 10.9. The summed E-state index contributed by atoms with van der Waals surface area (Å²) < 4.78 is 31.1. The van der Waals surface area contributed by atoms with Gasteiger partial charge in [-0.2, -0.15) is 16.1 Å². The number of nitrogens with zero attached hydrogens (tertiary/aromatic N) is 1. The molecule has 0 heterocycles. The Hall–Kier alpha value is -1.58. The van der Waals surface area contributed by atoms with Crippen molar-refractivity contribution in [1.29, 1.82) is 0 Å². The number of carbonyl (C=O) groups excluding carboxylic acids is 2. The van der Waals surface area contributed by atoms with E-state index in [4.69, 9.17) is 0 Å². The number of esters is 1. The largest absolute Gasteiger partial charge is 0.469 e. The molecule has 146 valence electrons. The molecule has 0 saturated carbocycles. The molecule has 1 amide bonds. The van der Waals surface area contributed by atoms with Crippen molar-refractivity contribution in [3.8, 4) is 0 Å². The van der Waals surface area contributed by atoms with E-state index in [0.717, 1.165) is 5.56 Å². The Morgan fingerprint density at radius 1 is 1.23 bits per heavy atom. The van der Waals surface area contributed by atoms with Gasteiger partial charge in [-0.3, -0.25) is 9.59 Å². The fourth-order valence-corrected chi connectivity index (χ4v) is 4.42. The van der Waals surface area contributed by atoms with Crippen LogP contribution >= 0.6 is 11.8 Å². The summed E-state index contributed by atoms with van der Waals surface area (Å²) in [5.41, 5.74) is 1.24. The molecule has 1 aromatic rings. The van der Waals surface area contributed by atoms with Crippen LogP contribution in [0.15, 0.2) is 23.1 Å². The summed E-state index contributed by atoms with van der Waals surface area (Å²) in [5, 5.41) is 2.74. The summed E-state index contributed by atoms with van der Waals surface area (Å²) in [7, 11) is -2.26. The molecule has 0 aliphatic rings. The Morgan fingerprint density at radius 3 is 2.46 bits per heavy atom. The van der Waals surface area contributed by atoms with Crippen molar-refractivity contribution < 1.29 is 22.7 Å². The number of hydrogen-bond acceptors (Lipinski definition) is 6. The van der Waals surface area contributed by atoms with Gasteiger partial charge in [0, 0.05) is 24.5 Å². The Labute approximate surface area is 159 Å². The Bertz CT molecular complexity index is 731. The van der Waals surface area contributed by atoms with Gasteiger partial charge in [0.2, 0.25) is 15.9 Å². The van der Waals surface area contributed by atoms with Crippen molar-refractivity contribution in [2.75, 3.05) is 37.0 Å². The topological polar surface area (TPSA) is 92.8 Å². The lowest BCUT2D eigenvalue weighted by molar-refractivity contribution is -0.140. The minimum Gasteiger partial charge on any atom is -0.469 e. The van der Waals surface area contributed by atoms with Gasteiger partial charge in [0.1, 0.15) is 0 Å². The second-order valence-corrected chi connectivity index (χ2v) is 8.54. The summed E-state index contributed by atoms with van der Waals surface area (Å²) in [6.07, 6.45) is 0.241. The van der Waals surface area contributed by atoms with E-state index in [9.17, 15) is 18.0 Å². The van der Waals surface area contributed by atoms with Crippen LogP contribution in [0.2, 0.25) is 0 Å². The van der Waals surface area contributed by atoms with Crippen LogP contribution in [0.25, 0.3) is 0 Å². The molecular formula is C17H26N2O5S2. The van der Waals surface area contributed by atoms with Gasteiger partial charge in [0.05, 0.1) is 24.2 Å². The minimum absolute atomic E-state index is 0.153. The quantitative estimate of drug-likeness (QED) is 0.477.